The van der Waals surface area contributed by atoms with Gasteiger partial charge in [0.15, 0.2) is 11.5 Å². The molecule has 5 aromatic rings. The number of benzene rings is 2. The second-order valence-electron chi connectivity index (χ2n) is 7.22. The Labute approximate surface area is 188 Å². The maximum atomic E-state index is 12.3. The van der Waals surface area contributed by atoms with Crippen LogP contribution in [-0.2, 0) is 10.0 Å². The summed E-state index contributed by atoms with van der Waals surface area (Å²) in [5.41, 5.74) is 1.76. The van der Waals surface area contributed by atoms with E-state index in [0.717, 1.165) is 11.6 Å². The molecule has 0 amide bonds. The molecular formula is C22H17N7O3S. The zero-order valence-corrected chi connectivity index (χ0v) is 18.1. The van der Waals surface area contributed by atoms with E-state index in [4.69, 9.17) is 0 Å². The maximum Gasteiger partial charge on any atom is 0.293 e. The molecule has 0 fully saturated rings. The molecule has 0 radical (unpaired) electrons. The lowest BCUT2D eigenvalue weighted by molar-refractivity contribution is 0.607. The largest absolute Gasteiger partial charge is 0.319 e. The summed E-state index contributed by atoms with van der Waals surface area (Å²) in [6, 6.07) is 19.2. The van der Waals surface area contributed by atoms with Gasteiger partial charge in [-0.1, -0.05) is 30.3 Å². The lowest BCUT2D eigenvalue weighted by Gasteiger charge is -2.08. The average molecular weight is 459 g/mol. The number of para-hydroxylation sites is 2. The quantitative estimate of drug-likeness (QED) is 0.410. The number of fused-ring (bicyclic) bond motifs is 3. The van der Waals surface area contributed by atoms with Crippen LogP contribution in [0.3, 0.4) is 0 Å². The molecule has 0 aliphatic heterocycles. The van der Waals surface area contributed by atoms with Crippen LogP contribution in [0.4, 0.5) is 17.3 Å². The Morgan fingerprint density at radius 1 is 0.879 bits per heavy atom. The van der Waals surface area contributed by atoms with Crippen molar-refractivity contribution in [1.82, 2.24) is 24.6 Å². The van der Waals surface area contributed by atoms with Gasteiger partial charge in [0.05, 0.1) is 17.5 Å². The van der Waals surface area contributed by atoms with Gasteiger partial charge < -0.3 is 5.32 Å². The van der Waals surface area contributed by atoms with Gasteiger partial charge in [0.25, 0.3) is 5.56 Å². The Hall–Kier alpha value is -4.38. The summed E-state index contributed by atoms with van der Waals surface area (Å²) in [6.07, 6.45) is 2.49. The van der Waals surface area contributed by atoms with E-state index in [9.17, 15) is 13.2 Å². The van der Waals surface area contributed by atoms with Gasteiger partial charge in [-0.05, 0) is 36.4 Å². The van der Waals surface area contributed by atoms with Crippen molar-refractivity contribution in [3.8, 4) is 11.4 Å². The summed E-state index contributed by atoms with van der Waals surface area (Å²) in [7, 11) is -3.51. The number of nitrogens with zero attached hydrogens (tertiary/aromatic N) is 5. The first-order chi connectivity index (χ1) is 15.9. The van der Waals surface area contributed by atoms with Crippen molar-refractivity contribution in [1.29, 1.82) is 0 Å². The molecule has 164 valence electrons. The molecule has 3 aromatic heterocycles. The van der Waals surface area contributed by atoms with Gasteiger partial charge in [-0.3, -0.25) is 9.52 Å². The minimum absolute atomic E-state index is 0.222. The molecule has 33 heavy (non-hydrogen) atoms. The van der Waals surface area contributed by atoms with Crippen LogP contribution < -0.4 is 15.6 Å². The van der Waals surface area contributed by atoms with E-state index in [1.807, 2.05) is 24.3 Å². The highest BCUT2D eigenvalue weighted by molar-refractivity contribution is 7.92. The van der Waals surface area contributed by atoms with E-state index in [0.29, 0.717) is 28.2 Å². The third-order valence-corrected chi connectivity index (χ3v) is 5.36. The van der Waals surface area contributed by atoms with E-state index in [1.54, 1.807) is 42.5 Å². The van der Waals surface area contributed by atoms with E-state index < -0.39 is 15.6 Å². The van der Waals surface area contributed by atoms with Gasteiger partial charge in [0.1, 0.15) is 5.69 Å². The van der Waals surface area contributed by atoms with Crippen LogP contribution in [0.15, 0.2) is 77.7 Å². The van der Waals surface area contributed by atoms with Gasteiger partial charge in [-0.15, -0.1) is 5.10 Å². The zero-order valence-electron chi connectivity index (χ0n) is 17.3. The summed E-state index contributed by atoms with van der Waals surface area (Å²) < 4.78 is 27.7. The van der Waals surface area contributed by atoms with E-state index in [1.165, 1.54) is 10.7 Å². The van der Waals surface area contributed by atoms with Crippen LogP contribution in [0.25, 0.3) is 27.9 Å². The van der Waals surface area contributed by atoms with Gasteiger partial charge in [-0.2, -0.15) is 4.52 Å². The zero-order chi connectivity index (χ0) is 23.0. The lowest BCUT2D eigenvalue weighted by Crippen LogP contribution is -2.12. The van der Waals surface area contributed by atoms with Gasteiger partial charge in [-0.25, -0.2) is 23.4 Å². The highest BCUT2D eigenvalue weighted by Crippen LogP contribution is 2.29. The molecule has 0 spiro atoms. The van der Waals surface area contributed by atoms with Crippen molar-refractivity contribution in [3.05, 3.63) is 83.3 Å². The van der Waals surface area contributed by atoms with Gasteiger partial charge in [0, 0.05) is 17.1 Å². The van der Waals surface area contributed by atoms with Crippen molar-refractivity contribution in [2.75, 3.05) is 16.3 Å². The third kappa shape index (κ3) is 4.08. The minimum atomic E-state index is -3.51. The predicted octanol–water partition coefficient (Wildman–Crippen LogP) is 2.81. The van der Waals surface area contributed by atoms with Gasteiger partial charge >= 0.3 is 0 Å². The fourth-order valence-electron chi connectivity index (χ4n) is 3.39. The fourth-order valence-corrected chi connectivity index (χ4v) is 3.96. The van der Waals surface area contributed by atoms with Crippen LogP contribution in [0.1, 0.15) is 0 Å². The minimum Gasteiger partial charge on any atom is -0.319 e. The monoisotopic (exact) mass is 459 g/mol. The van der Waals surface area contributed by atoms with Crippen molar-refractivity contribution >= 4 is 43.9 Å². The Bertz CT molecular complexity index is 1680. The number of rotatable bonds is 5. The Morgan fingerprint density at radius 3 is 2.45 bits per heavy atom. The smallest absolute Gasteiger partial charge is 0.293 e. The van der Waals surface area contributed by atoms with Crippen molar-refractivity contribution in [2.45, 2.75) is 0 Å². The van der Waals surface area contributed by atoms with Crippen LogP contribution in [0.2, 0.25) is 0 Å². The van der Waals surface area contributed by atoms with Crippen molar-refractivity contribution in [3.63, 3.8) is 0 Å². The normalized spacial score (nSPS) is 11.5. The fraction of sp³-hybridized carbons (Fsp3) is 0.0455. The number of hydrogen-bond donors (Lipinski definition) is 2. The van der Waals surface area contributed by atoms with Crippen LogP contribution in [-0.4, -0.2) is 39.2 Å². The number of sulfonamides is 1. The molecule has 0 aliphatic carbocycles. The highest BCUT2D eigenvalue weighted by atomic mass is 32.2. The number of nitrogens with one attached hydrogen (secondary N) is 2. The van der Waals surface area contributed by atoms with Crippen LogP contribution >= 0.6 is 0 Å². The van der Waals surface area contributed by atoms with Gasteiger partial charge in [0.2, 0.25) is 16.0 Å². The molecule has 5 rings (SSSR count). The summed E-state index contributed by atoms with van der Waals surface area (Å²) in [6.45, 7) is 0. The predicted molar refractivity (Wildman–Crippen MR) is 126 cm³/mol. The summed E-state index contributed by atoms with van der Waals surface area (Å²) >= 11 is 0. The molecule has 0 aliphatic rings. The molecule has 3 heterocycles. The number of aromatic nitrogens is 5. The molecule has 2 aromatic carbocycles. The SMILES string of the molecule is CS(=O)(=O)Nc1ccccc1-c1nc2c3ccccc3nc(Nc3ccccnc3=O)n2n1. The molecule has 11 heteroatoms. The molecule has 0 saturated carbocycles. The first-order valence-electron chi connectivity index (χ1n) is 9.84. The third-order valence-electron chi connectivity index (χ3n) is 4.77. The first-order valence-corrected chi connectivity index (χ1v) is 11.7. The molecule has 0 saturated heterocycles. The van der Waals surface area contributed by atoms with Crippen molar-refractivity contribution in [2.24, 2.45) is 0 Å². The van der Waals surface area contributed by atoms with E-state index in [2.05, 4.69) is 30.1 Å². The molecule has 0 atom stereocenters. The number of hydrogen-bond acceptors (Lipinski definition) is 8. The van der Waals surface area contributed by atoms with Crippen LogP contribution in [0.5, 0.6) is 0 Å². The van der Waals surface area contributed by atoms with Crippen LogP contribution in [0, 0.1) is 0 Å². The average Bonchev–Trinajstić information content (AvgIpc) is 3.13. The molecular weight excluding hydrogens is 442 g/mol. The molecule has 0 unspecified atom stereocenters. The van der Waals surface area contributed by atoms with E-state index in [-0.39, 0.29) is 11.6 Å². The standard InChI is InChI=1S/C22H17N7O3S/c1-33(31,32)28-17-11-5-2-8-14(17)19-26-20-15-9-3-4-10-16(15)24-22(29(20)27-19)25-18-12-6-7-13-23-21(18)30/h2-13,28H,1H3,(H,23,24,25,30). The first kappa shape index (κ1) is 20.5. The number of anilines is 3. The Morgan fingerprint density at radius 2 is 1.61 bits per heavy atom. The molecule has 10 nitrogen and oxygen atoms in total. The summed E-state index contributed by atoms with van der Waals surface area (Å²) in [4.78, 5) is 25.4. The second kappa shape index (κ2) is 7.95. The van der Waals surface area contributed by atoms with Crippen molar-refractivity contribution < 1.29 is 8.42 Å². The summed E-state index contributed by atoms with van der Waals surface area (Å²) in [5, 5.41) is 8.34. The summed E-state index contributed by atoms with van der Waals surface area (Å²) in [5.74, 6) is 0.558. The second-order valence-corrected chi connectivity index (χ2v) is 8.97. The highest BCUT2D eigenvalue weighted by Gasteiger charge is 2.18. The Kier molecular flexibility index (Phi) is 4.94. The maximum absolute atomic E-state index is 12.3. The Balaban J connectivity index is 1.74. The topological polar surface area (TPSA) is 131 Å². The molecule has 2 N–H and O–H groups in total. The lowest BCUT2D eigenvalue weighted by atomic mass is 10.2. The van der Waals surface area contributed by atoms with E-state index >= 15 is 0 Å². The molecule has 0 bridgehead atoms.